The van der Waals surface area contributed by atoms with Gasteiger partial charge < -0.3 is 15.9 Å². The minimum absolute atomic E-state index is 0. The third kappa shape index (κ3) is 2.84. The maximum atomic E-state index is 13.1. The first-order valence-electron chi connectivity index (χ1n) is 4.74. The van der Waals surface area contributed by atoms with Crippen LogP contribution in [0.4, 0.5) is 4.39 Å². The van der Waals surface area contributed by atoms with Crippen LogP contribution in [0, 0.1) is 11.2 Å². The van der Waals surface area contributed by atoms with Gasteiger partial charge in [0.05, 0.1) is 0 Å². The van der Waals surface area contributed by atoms with E-state index in [1.54, 1.807) is 19.9 Å². The van der Waals surface area contributed by atoms with Gasteiger partial charge in [0.2, 0.25) is 0 Å². The maximum absolute atomic E-state index is 13.1. The molecule has 0 unspecified atom stereocenters. The van der Waals surface area contributed by atoms with Crippen molar-refractivity contribution in [1.29, 1.82) is 0 Å². The van der Waals surface area contributed by atoms with Gasteiger partial charge in [-0.3, -0.25) is 0 Å². The molecule has 0 saturated carbocycles. The van der Waals surface area contributed by atoms with Gasteiger partial charge >= 0.3 is 0 Å². The zero-order valence-electron chi connectivity index (χ0n) is 9.27. The molecule has 1 aromatic rings. The number of para-hydroxylation sites is 1. The average molecular weight is 250 g/mol. The van der Waals surface area contributed by atoms with Crippen molar-refractivity contribution in [2.75, 3.05) is 6.61 Å². The number of aromatic hydroxyl groups is 1. The standard InChI is InChI=1S/C11H16FNO2.ClH/c1-11(2,6-14)10(13)7-4-3-5-8(12)9(7)15;/h3-5,10,14-15H,6,13H2,1-2H3;1H/t10-;/m1./s1. The molecule has 0 spiro atoms. The lowest BCUT2D eigenvalue weighted by atomic mass is 9.81. The molecule has 0 aliphatic rings. The summed E-state index contributed by atoms with van der Waals surface area (Å²) in [6, 6.07) is 3.59. The van der Waals surface area contributed by atoms with Crippen LogP contribution >= 0.6 is 12.4 Å². The summed E-state index contributed by atoms with van der Waals surface area (Å²) in [5, 5.41) is 18.6. The quantitative estimate of drug-likeness (QED) is 0.767. The fourth-order valence-corrected chi connectivity index (χ4v) is 1.30. The van der Waals surface area contributed by atoms with Crippen molar-refractivity contribution >= 4 is 12.4 Å². The van der Waals surface area contributed by atoms with Gasteiger partial charge in [-0.25, -0.2) is 4.39 Å². The van der Waals surface area contributed by atoms with Crippen LogP contribution in [0.3, 0.4) is 0 Å². The first kappa shape index (κ1) is 15.2. The van der Waals surface area contributed by atoms with E-state index in [0.29, 0.717) is 5.56 Å². The molecule has 3 nitrogen and oxygen atoms in total. The monoisotopic (exact) mass is 249 g/mol. The Morgan fingerprint density at radius 3 is 2.50 bits per heavy atom. The summed E-state index contributed by atoms with van der Waals surface area (Å²) in [5.41, 5.74) is 5.57. The van der Waals surface area contributed by atoms with Gasteiger partial charge in [0.1, 0.15) is 0 Å². The number of benzene rings is 1. The first-order chi connectivity index (χ1) is 6.90. The molecule has 1 aromatic carbocycles. The predicted octanol–water partition coefficient (Wildman–Crippen LogP) is 1.97. The van der Waals surface area contributed by atoms with Crippen molar-refractivity contribution in [1.82, 2.24) is 0 Å². The average Bonchev–Trinajstić information content (AvgIpc) is 2.21. The summed E-state index contributed by atoms with van der Waals surface area (Å²) in [6.07, 6.45) is 0. The topological polar surface area (TPSA) is 66.5 Å². The molecule has 0 heterocycles. The summed E-state index contributed by atoms with van der Waals surface area (Å²) in [5.74, 6) is -1.14. The van der Waals surface area contributed by atoms with E-state index in [0.717, 1.165) is 6.07 Å². The molecule has 0 fully saturated rings. The molecule has 0 aliphatic carbocycles. The fraction of sp³-hybridized carbons (Fsp3) is 0.455. The van der Waals surface area contributed by atoms with E-state index in [9.17, 15) is 9.50 Å². The molecule has 16 heavy (non-hydrogen) atoms. The third-order valence-corrected chi connectivity index (χ3v) is 2.60. The van der Waals surface area contributed by atoms with Crippen LogP contribution in [-0.2, 0) is 0 Å². The van der Waals surface area contributed by atoms with Gasteiger partial charge in [-0.05, 0) is 6.07 Å². The second-order valence-corrected chi connectivity index (χ2v) is 4.30. The van der Waals surface area contributed by atoms with Gasteiger partial charge in [-0.1, -0.05) is 26.0 Å². The van der Waals surface area contributed by atoms with E-state index in [4.69, 9.17) is 10.8 Å². The lowest BCUT2D eigenvalue weighted by Gasteiger charge is -2.30. The highest BCUT2D eigenvalue weighted by Crippen LogP contribution is 2.36. The van der Waals surface area contributed by atoms with Gasteiger partial charge in [0, 0.05) is 23.6 Å². The van der Waals surface area contributed by atoms with Gasteiger partial charge in [-0.15, -0.1) is 12.4 Å². The number of nitrogens with two attached hydrogens (primary N) is 1. The smallest absolute Gasteiger partial charge is 0.165 e. The molecule has 1 atom stereocenters. The normalized spacial score (nSPS) is 13.1. The third-order valence-electron chi connectivity index (χ3n) is 2.60. The van der Waals surface area contributed by atoms with Crippen molar-refractivity contribution in [3.05, 3.63) is 29.6 Å². The van der Waals surface area contributed by atoms with Gasteiger partial charge in [0.25, 0.3) is 0 Å². The number of hydrogen-bond donors (Lipinski definition) is 3. The lowest BCUT2D eigenvalue weighted by molar-refractivity contribution is 0.131. The molecule has 5 heteroatoms. The molecule has 0 saturated heterocycles. The highest BCUT2D eigenvalue weighted by molar-refractivity contribution is 5.85. The number of rotatable bonds is 3. The van der Waals surface area contributed by atoms with E-state index in [1.165, 1.54) is 6.07 Å². The van der Waals surface area contributed by atoms with Crippen LogP contribution in [-0.4, -0.2) is 16.8 Å². The molecule has 0 aromatic heterocycles. The van der Waals surface area contributed by atoms with Crippen molar-refractivity contribution < 1.29 is 14.6 Å². The van der Waals surface area contributed by atoms with E-state index >= 15 is 0 Å². The van der Waals surface area contributed by atoms with E-state index in [2.05, 4.69) is 0 Å². The molecular weight excluding hydrogens is 233 g/mol. The van der Waals surface area contributed by atoms with E-state index in [-0.39, 0.29) is 19.0 Å². The highest BCUT2D eigenvalue weighted by atomic mass is 35.5. The van der Waals surface area contributed by atoms with Gasteiger partial charge in [-0.2, -0.15) is 0 Å². The van der Waals surface area contributed by atoms with Crippen LogP contribution in [0.2, 0.25) is 0 Å². The first-order valence-corrected chi connectivity index (χ1v) is 4.74. The maximum Gasteiger partial charge on any atom is 0.165 e. The van der Waals surface area contributed by atoms with Crippen LogP contribution in [0.15, 0.2) is 18.2 Å². The van der Waals surface area contributed by atoms with Crippen LogP contribution in [0.1, 0.15) is 25.5 Å². The summed E-state index contributed by atoms with van der Waals surface area (Å²) >= 11 is 0. The second-order valence-electron chi connectivity index (χ2n) is 4.30. The molecule has 4 N–H and O–H groups in total. The molecular formula is C11H17ClFNO2. The second kappa shape index (κ2) is 5.48. The van der Waals surface area contributed by atoms with Gasteiger partial charge in [0.15, 0.2) is 11.6 Å². The number of aliphatic hydroxyl groups excluding tert-OH is 1. The molecule has 0 aliphatic heterocycles. The Hall–Kier alpha value is -0.840. The Labute approximate surface area is 101 Å². The molecule has 1 rings (SSSR count). The highest BCUT2D eigenvalue weighted by Gasteiger charge is 2.29. The summed E-state index contributed by atoms with van der Waals surface area (Å²) < 4.78 is 13.1. The summed E-state index contributed by atoms with van der Waals surface area (Å²) in [7, 11) is 0. The Bertz CT molecular complexity index is 358. The van der Waals surface area contributed by atoms with E-state index in [1.807, 2.05) is 0 Å². The largest absolute Gasteiger partial charge is 0.505 e. The Morgan fingerprint density at radius 1 is 1.44 bits per heavy atom. The SMILES string of the molecule is CC(C)(CO)[C@H](N)c1cccc(F)c1O.Cl. The summed E-state index contributed by atoms with van der Waals surface area (Å²) in [6.45, 7) is 3.37. The number of aliphatic hydroxyl groups is 1. The Morgan fingerprint density at radius 2 is 2.00 bits per heavy atom. The zero-order chi connectivity index (χ0) is 11.6. The Kier molecular flexibility index (Phi) is 5.19. The van der Waals surface area contributed by atoms with Crippen molar-refractivity contribution in [3.63, 3.8) is 0 Å². The number of phenols is 1. The van der Waals surface area contributed by atoms with Crippen molar-refractivity contribution in [2.45, 2.75) is 19.9 Å². The molecule has 92 valence electrons. The van der Waals surface area contributed by atoms with Crippen LogP contribution in [0.25, 0.3) is 0 Å². The summed E-state index contributed by atoms with van der Waals surface area (Å²) in [4.78, 5) is 0. The zero-order valence-corrected chi connectivity index (χ0v) is 10.1. The molecule has 0 bridgehead atoms. The molecule has 0 radical (unpaired) electrons. The number of phenolic OH excluding ortho intramolecular Hbond substituents is 1. The predicted molar refractivity (Wildman–Crippen MR) is 63.1 cm³/mol. The minimum atomic E-state index is -0.698. The van der Waals surface area contributed by atoms with E-state index < -0.39 is 23.0 Å². The lowest BCUT2D eigenvalue weighted by Crippen LogP contribution is -2.32. The fourth-order valence-electron chi connectivity index (χ4n) is 1.30. The number of halogens is 2. The molecule has 0 amide bonds. The Balaban J connectivity index is 0.00000225. The van der Waals surface area contributed by atoms with Crippen molar-refractivity contribution in [3.8, 4) is 5.75 Å². The van der Waals surface area contributed by atoms with Crippen LogP contribution < -0.4 is 5.73 Å². The number of hydrogen-bond acceptors (Lipinski definition) is 3. The van der Waals surface area contributed by atoms with Crippen molar-refractivity contribution in [2.24, 2.45) is 11.1 Å². The van der Waals surface area contributed by atoms with Crippen LogP contribution in [0.5, 0.6) is 5.75 Å². The minimum Gasteiger partial charge on any atom is -0.505 e.